The molecule has 0 aliphatic carbocycles. The van der Waals surface area contributed by atoms with Crippen molar-refractivity contribution in [3.63, 3.8) is 0 Å². The summed E-state index contributed by atoms with van der Waals surface area (Å²) in [4.78, 5) is 0. The summed E-state index contributed by atoms with van der Waals surface area (Å²) < 4.78 is 1.00. The van der Waals surface area contributed by atoms with Gasteiger partial charge in [-0.1, -0.05) is 7.43 Å². The molecule has 0 bridgehead atoms. The average Bonchev–Trinajstić information content (AvgIpc) is 1.45. The van der Waals surface area contributed by atoms with E-state index >= 15 is 0 Å². The van der Waals surface area contributed by atoms with Gasteiger partial charge < -0.3 is 4.48 Å². The van der Waals surface area contributed by atoms with E-state index in [1.165, 1.54) is 0 Å². The molecule has 0 N–H and O–H groups in total. The fourth-order valence-corrected chi connectivity index (χ4v) is 0. The molecule has 0 spiro atoms. The molecule has 0 aliphatic rings. The topological polar surface area (TPSA) is 0 Å². The molecule has 0 aliphatic heterocycles. The van der Waals surface area contributed by atoms with Gasteiger partial charge in [-0.25, -0.2) is 0 Å². The first-order valence-corrected chi connectivity index (χ1v) is 10.8. The van der Waals surface area contributed by atoms with Gasteiger partial charge in [0.2, 0.25) is 0 Å². The quantitative estimate of drug-likeness (QED) is 0.356. The highest BCUT2D eigenvalue weighted by molar-refractivity contribution is 7.94. The fourth-order valence-electron chi connectivity index (χ4n) is 0. The summed E-state index contributed by atoms with van der Waals surface area (Å²) in [5.74, 6) is 0. The van der Waals surface area contributed by atoms with Crippen LogP contribution < -0.4 is 0 Å². The normalized spacial score (nSPS) is 10.4. The van der Waals surface area contributed by atoms with Gasteiger partial charge in [-0.15, -0.1) is 0 Å². The van der Waals surface area contributed by atoms with Crippen LogP contribution in [0.25, 0.3) is 0 Å². The van der Waals surface area contributed by atoms with Gasteiger partial charge in [-0.05, 0) is 10.9 Å². The summed E-state index contributed by atoms with van der Waals surface area (Å²) in [7, 11) is 8.75. The van der Waals surface area contributed by atoms with E-state index < -0.39 is 0 Å². The van der Waals surface area contributed by atoms with Crippen molar-refractivity contribution < 1.29 is 4.48 Å². The molecule has 3 heteroatoms. The number of hydrogen-bond donors (Lipinski definition) is 0. The van der Waals surface area contributed by atoms with Gasteiger partial charge in [0.1, 0.15) is 0 Å². The zero-order valence-electron chi connectivity index (χ0n) is 12.3. The van der Waals surface area contributed by atoms with Gasteiger partial charge in [-0.2, -0.15) is 0 Å². The zero-order valence-corrected chi connectivity index (χ0v) is 14.0. The van der Waals surface area contributed by atoms with E-state index in [2.05, 4.69) is 73.6 Å². The van der Waals surface area contributed by atoms with Gasteiger partial charge >= 0.3 is 0 Å². The van der Waals surface area contributed by atoms with Gasteiger partial charge in [0.25, 0.3) is 0 Å². The second-order valence-electron chi connectivity index (χ2n) is 6.59. The molecule has 0 rings (SSSR count). The molecule has 0 atom stereocenters. The Bertz CT molecular complexity index is 85.0. The monoisotopic (exact) mass is 258 g/mol. The van der Waals surface area contributed by atoms with E-state index in [0.29, 0.717) is 10.9 Å². The third-order valence-corrected chi connectivity index (χ3v) is 0. The summed E-state index contributed by atoms with van der Waals surface area (Å²) >= 11 is 0. The lowest BCUT2D eigenvalue weighted by Gasteiger charge is -2.14. The van der Waals surface area contributed by atoms with Gasteiger partial charge in [-0.3, -0.25) is 0 Å². The van der Waals surface area contributed by atoms with E-state index in [1.54, 1.807) is 0 Å². The van der Waals surface area contributed by atoms with Crippen molar-refractivity contribution in [2.75, 3.05) is 73.6 Å². The second kappa shape index (κ2) is 11.2. The summed E-state index contributed by atoms with van der Waals surface area (Å²) in [5, 5.41) is 0. The lowest BCUT2D eigenvalue weighted by molar-refractivity contribution is -0.849. The first-order valence-electron chi connectivity index (χ1n) is 4.80. The predicted octanol–water partition coefficient (Wildman–Crippen LogP) is 2.98. The average molecular weight is 258 g/mol. The molecule has 1 nitrogen and oxygen atoms in total. The molecule has 0 fully saturated rings. The van der Waals surface area contributed by atoms with Crippen molar-refractivity contribution in [1.82, 2.24) is 0 Å². The summed E-state index contributed by atoms with van der Waals surface area (Å²) in [6.07, 6.45) is 6.58. The Morgan fingerprint density at radius 1 is 0.733 bits per heavy atom. The van der Waals surface area contributed by atoms with E-state index in [1.807, 2.05) is 0 Å². The Labute approximate surface area is 104 Å². The third-order valence-electron chi connectivity index (χ3n) is 0. The minimum absolute atomic E-state index is 0. The van der Waals surface area contributed by atoms with Crippen molar-refractivity contribution in [1.29, 1.82) is 0 Å². The Morgan fingerprint density at radius 2 is 0.733 bits per heavy atom. The second-order valence-corrected chi connectivity index (χ2v) is 14.4. The zero-order chi connectivity index (χ0) is 12.6. The molecule has 0 heterocycles. The summed E-state index contributed by atoms with van der Waals surface area (Å²) in [5.41, 5.74) is 0. The van der Waals surface area contributed by atoms with Crippen molar-refractivity contribution in [3.8, 4) is 0 Å². The molecule has 0 amide bonds. The van der Waals surface area contributed by atoms with Crippen LogP contribution in [0.1, 0.15) is 7.43 Å². The molecule has 0 aromatic heterocycles. The SMILES string of the molecule is C.C[N+](C)(C)C.C[P+](C)(C)C.C[S+](C)C. The van der Waals surface area contributed by atoms with Crippen LogP contribution in [0.5, 0.6) is 0 Å². The Kier molecular flexibility index (Phi) is 18.6. The molecule has 0 radical (unpaired) electrons. The maximum absolute atomic E-state index is 2.30. The smallest absolute Gasteiger partial charge is 0.0969 e. The van der Waals surface area contributed by atoms with E-state index in [0.717, 1.165) is 4.48 Å². The van der Waals surface area contributed by atoms with E-state index in [9.17, 15) is 0 Å². The highest BCUT2D eigenvalue weighted by Gasteiger charge is 2.03. The molecular formula is C12H37NPS+3. The lowest BCUT2D eigenvalue weighted by atomic mass is 10.8. The van der Waals surface area contributed by atoms with Crippen LogP contribution in [0.15, 0.2) is 0 Å². The first-order chi connectivity index (χ1) is 5.73. The van der Waals surface area contributed by atoms with Gasteiger partial charge in [0.05, 0.1) is 47.0 Å². The van der Waals surface area contributed by atoms with Crippen LogP contribution >= 0.6 is 7.26 Å². The lowest BCUT2D eigenvalue weighted by Crippen LogP contribution is -2.27. The molecule has 0 aromatic carbocycles. The van der Waals surface area contributed by atoms with Crippen LogP contribution in [0, 0.1) is 0 Å². The van der Waals surface area contributed by atoms with Crippen LogP contribution in [0.2, 0.25) is 0 Å². The fraction of sp³-hybridized carbons (Fsp3) is 1.00. The van der Waals surface area contributed by atoms with Crippen molar-refractivity contribution in [2.45, 2.75) is 7.43 Å². The van der Waals surface area contributed by atoms with Crippen LogP contribution in [-0.4, -0.2) is 78.1 Å². The number of quaternary nitrogens is 1. The summed E-state index contributed by atoms with van der Waals surface area (Å²) in [6.45, 7) is 9.19. The minimum Gasteiger partial charge on any atom is -0.333 e. The Morgan fingerprint density at radius 3 is 0.733 bits per heavy atom. The largest absolute Gasteiger partial charge is 0.333 e. The molecule has 98 valence electrons. The Balaban J connectivity index is -0.0000000590. The molecule has 0 saturated heterocycles. The van der Waals surface area contributed by atoms with Crippen molar-refractivity contribution in [2.24, 2.45) is 0 Å². The molecule has 0 saturated carbocycles. The number of nitrogens with zero attached hydrogens (tertiary/aromatic N) is 1. The van der Waals surface area contributed by atoms with Crippen molar-refractivity contribution in [3.05, 3.63) is 0 Å². The summed E-state index contributed by atoms with van der Waals surface area (Å²) in [6, 6.07) is 0. The number of rotatable bonds is 0. The van der Waals surface area contributed by atoms with Crippen molar-refractivity contribution >= 4 is 18.2 Å². The maximum Gasteiger partial charge on any atom is 0.0969 e. The van der Waals surface area contributed by atoms with Crippen LogP contribution in [0.3, 0.4) is 0 Å². The highest BCUT2D eigenvalue weighted by atomic mass is 32.2. The van der Waals surface area contributed by atoms with E-state index in [4.69, 9.17) is 0 Å². The maximum atomic E-state index is 2.30. The molecule has 0 unspecified atom stereocenters. The predicted molar refractivity (Wildman–Crippen MR) is 86.4 cm³/mol. The standard InChI is InChI=1S/C4H12N.C4H12P.C3H9S.CH4/c2*1-5(2,3)4;1-4(2)3;/h2*1-4H3;1-3H3;1H4/q3*+1;. The van der Waals surface area contributed by atoms with Gasteiger partial charge in [0, 0.05) is 33.9 Å². The minimum atomic E-state index is -0.389. The highest BCUT2D eigenvalue weighted by Crippen LogP contribution is 2.40. The van der Waals surface area contributed by atoms with E-state index in [-0.39, 0.29) is 14.7 Å². The number of hydrogen-bond acceptors (Lipinski definition) is 0. The third kappa shape index (κ3) is 4370. The van der Waals surface area contributed by atoms with Gasteiger partial charge in [0.15, 0.2) is 0 Å². The molecule has 0 aromatic rings. The Hall–Kier alpha value is 0.740. The van der Waals surface area contributed by atoms with Crippen LogP contribution in [-0.2, 0) is 10.9 Å². The van der Waals surface area contributed by atoms with Crippen LogP contribution in [0.4, 0.5) is 0 Å². The molecule has 15 heavy (non-hydrogen) atoms. The molecular weight excluding hydrogens is 221 g/mol. The first kappa shape index (κ1) is 24.8.